The SMILES string of the molecule is O=C(O)c1ccc(S(=O)(=O)NCC2(O)CCC2)o1. The third kappa shape index (κ3) is 2.55. The number of rotatable bonds is 5. The zero-order chi connectivity index (χ0) is 13.4. The summed E-state index contributed by atoms with van der Waals surface area (Å²) in [5.74, 6) is -1.79. The first-order chi connectivity index (χ1) is 8.32. The number of sulfonamides is 1. The van der Waals surface area contributed by atoms with Crippen LogP contribution in [0.3, 0.4) is 0 Å². The first-order valence-corrected chi connectivity index (χ1v) is 6.86. The van der Waals surface area contributed by atoms with Crippen LogP contribution in [-0.2, 0) is 10.0 Å². The third-order valence-corrected chi connectivity index (χ3v) is 4.21. The van der Waals surface area contributed by atoms with Crippen molar-refractivity contribution in [3.8, 4) is 0 Å². The molecule has 0 saturated heterocycles. The summed E-state index contributed by atoms with van der Waals surface area (Å²) >= 11 is 0. The molecule has 8 heteroatoms. The van der Waals surface area contributed by atoms with Crippen molar-refractivity contribution >= 4 is 16.0 Å². The predicted octanol–water partition coefficient (Wildman–Crippen LogP) is 0.171. The molecule has 0 unspecified atom stereocenters. The number of hydrogen-bond acceptors (Lipinski definition) is 5. The number of aromatic carboxylic acids is 1. The van der Waals surface area contributed by atoms with Crippen LogP contribution < -0.4 is 4.72 Å². The molecule has 0 bridgehead atoms. The molecule has 1 fully saturated rings. The Labute approximate surface area is 103 Å². The Kier molecular flexibility index (Phi) is 3.18. The molecule has 1 aliphatic rings. The van der Waals surface area contributed by atoms with Gasteiger partial charge in [-0.3, -0.25) is 0 Å². The molecule has 0 amide bonds. The van der Waals surface area contributed by atoms with Crippen LogP contribution in [-0.4, -0.2) is 36.7 Å². The van der Waals surface area contributed by atoms with Gasteiger partial charge in [-0.05, 0) is 31.4 Å². The fourth-order valence-corrected chi connectivity index (χ4v) is 2.69. The normalized spacial score (nSPS) is 18.3. The van der Waals surface area contributed by atoms with E-state index in [0.717, 1.165) is 18.6 Å². The van der Waals surface area contributed by atoms with Gasteiger partial charge >= 0.3 is 5.97 Å². The Morgan fingerprint density at radius 2 is 2.11 bits per heavy atom. The van der Waals surface area contributed by atoms with Crippen LogP contribution in [0, 0.1) is 0 Å². The third-order valence-electron chi connectivity index (χ3n) is 2.93. The van der Waals surface area contributed by atoms with E-state index < -0.39 is 32.4 Å². The molecular formula is C10H13NO6S. The molecule has 0 spiro atoms. The van der Waals surface area contributed by atoms with Crippen molar-refractivity contribution in [2.24, 2.45) is 0 Å². The Bertz CT molecular complexity index is 557. The number of carbonyl (C=O) groups is 1. The van der Waals surface area contributed by atoms with E-state index in [9.17, 15) is 18.3 Å². The molecule has 1 aliphatic carbocycles. The zero-order valence-electron chi connectivity index (χ0n) is 9.42. The summed E-state index contributed by atoms with van der Waals surface area (Å²) in [6, 6.07) is 2.13. The van der Waals surface area contributed by atoms with E-state index in [1.165, 1.54) is 0 Å². The largest absolute Gasteiger partial charge is 0.475 e. The summed E-state index contributed by atoms with van der Waals surface area (Å²) < 4.78 is 30.4. The highest BCUT2D eigenvalue weighted by Gasteiger charge is 2.36. The topological polar surface area (TPSA) is 117 Å². The lowest BCUT2D eigenvalue weighted by Crippen LogP contribution is -2.47. The molecule has 3 N–H and O–H groups in total. The van der Waals surface area contributed by atoms with E-state index in [1.54, 1.807) is 0 Å². The first kappa shape index (κ1) is 13.1. The Morgan fingerprint density at radius 1 is 1.44 bits per heavy atom. The smallest absolute Gasteiger partial charge is 0.371 e. The minimum Gasteiger partial charge on any atom is -0.475 e. The van der Waals surface area contributed by atoms with Crippen LogP contribution >= 0.6 is 0 Å². The van der Waals surface area contributed by atoms with Gasteiger partial charge in [-0.25, -0.2) is 17.9 Å². The van der Waals surface area contributed by atoms with Gasteiger partial charge in [-0.15, -0.1) is 0 Å². The van der Waals surface area contributed by atoms with E-state index in [0.29, 0.717) is 12.8 Å². The van der Waals surface area contributed by atoms with Crippen molar-refractivity contribution in [1.82, 2.24) is 4.72 Å². The minimum absolute atomic E-state index is 0.0988. The summed E-state index contributed by atoms with van der Waals surface area (Å²) in [5, 5.41) is 17.9. The fourth-order valence-electron chi connectivity index (χ4n) is 1.64. The first-order valence-electron chi connectivity index (χ1n) is 5.38. The molecule has 18 heavy (non-hydrogen) atoms. The highest BCUT2D eigenvalue weighted by molar-refractivity contribution is 7.89. The van der Waals surface area contributed by atoms with E-state index in [-0.39, 0.29) is 6.54 Å². The van der Waals surface area contributed by atoms with Gasteiger partial charge in [0.2, 0.25) is 10.9 Å². The van der Waals surface area contributed by atoms with Crippen LogP contribution in [0.4, 0.5) is 0 Å². The number of furan rings is 1. The summed E-state index contributed by atoms with van der Waals surface area (Å²) in [6.07, 6.45) is 1.96. The summed E-state index contributed by atoms with van der Waals surface area (Å²) in [7, 11) is -3.92. The van der Waals surface area contributed by atoms with Crippen molar-refractivity contribution in [3.63, 3.8) is 0 Å². The van der Waals surface area contributed by atoms with Crippen LogP contribution in [0.25, 0.3) is 0 Å². The van der Waals surface area contributed by atoms with Crippen molar-refractivity contribution in [1.29, 1.82) is 0 Å². The van der Waals surface area contributed by atoms with Gasteiger partial charge in [0.15, 0.2) is 0 Å². The molecule has 0 aromatic carbocycles. The second-order valence-corrected chi connectivity index (χ2v) is 6.02. The van der Waals surface area contributed by atoms with E-state index in [1.807, 2.05) is 0 Å². The van der Waals surface area contributed by atoms with Gasteiger partial charge in [0, 0.05) is 6.54 Å². The molecule has 0 aliphatic heterocycles. The van der Waals surface area contributed by atoms with E-state index in [4.69, 9.17) is 9.52 Å². The van der Waals surface area contributed by atoms with Crippen molar-refractivity contribution < 1.29 is 27.8 Å². The predicted molar refractivity (Wildman–Crippen MR) is 59.7 cm³/mol. The van der Waals surface area contributed by atoms with Crippen LogP contribution in [0.1, 0.15) is 29.8 Å². The lowest BCUT2D eigenvalue weighted by molar-refractivity contribution is -0.0271. The molecule has 2 rings (SSSR count). The Hall–Kier alpha value is -1.38. The van der Waals surface area contributed by atoms with Gasteiger partial charge in [-0.1, -0.05) is 0 Å². The minimum atomic E-state index is -3.92. The molecule has 1 aromatic heterocycles. The molecule has 1 saturated carbocycles. The highest BCUT2D eigenvalue weighted by atomic mass is 32.2. The molecule has 1 aromatic rings. The van der Waals surface area contributed by atoms with Gasteiger partial charge in [0.05, 0.1) is 5.60 Å². The van der Waals surface area contributed by atoms with Crippen LogP contribution in [0.2, 0.25) is 0 Å². The molecule has 0 radical (unpaired) electrons. The van der Waals surface area contributed by atoms with Crippen molar-refractivity contribution in [3.05, 3.63) is 17.9 Å². The van der Waals surface area contributed by atoms with E-state index >= 15 is 0 Å². The van der Waals surface area contributed by atoms with E-state index in [2.05, 4.69) is 4.72 Å². The Morgan fingerprint density at radius 3 is 2.56 bits per heavy atom. The fraction of sp³-hybridized carbons (Fsp3) is 0.500. The second-order valence-electron chi connectivity index (χ2n) is 4.33. The zero-order valence-corrected chi connectivity index (χ0v) is 10.2. The molecule has 0 atom stereocenters. The number of hydrogen-bond donors (Lipinski definition) is 3. The molecule has 1 heterocycles. The number of carboxylic acid groups (broad SMARTS) is 1. The standard InChI is InChI=1S/C10H13NO6S/c12-9(13)7-2-3-8(17-7)18(15,16)11-6-10(14)4-1-5-10/h2-3,11,14H,1,4-6H2,(H,12,13). The number of nitrogens with one attached hydrogen (secondary N) is 1. The molecular weight excluding hydrogens is 262 g/mol. The highest BCUT2D eigenvalue weighted by Crippen LogP contribution is 2.31. The number of aliphatic hydroxyl groups is 1. The summed E-state index contributed by atoms with van der Waals surface area (Å²) in [5.41, 5.74) is -0.991. The summed E-state index contributed by atoms with van der Waals surface area (Å²) in [6.45, 7) is -0.0988. The van der Waals surface area contributed by atoms with Gasteiger partial charge in [0.1, 0.15) is 0 Å². The van der Waals surface area contributed by atoms with Gasteiger partial charge < -0.3 is 14.6 Å². The summed E-state index contributed by atoms with van der Waals surface area (Å²) in [4.78, 5) is 10.6. The maximum absolute atomic E-state index is 11.7. The van der Waals surface area contributed by atoms with Crippen molar-refractivity contribution in [2.45, 2.75) is 30.0 Å². The van der Waals surface area contributed by atoms with Crippen molar-refractivity contribution in [2.75, 3.05) is 6.54 Å². The maximum Gasteiger partial charge on any atom is 0.371 e. The maximum atomic E-state index is 11.7. The molecule has 100 valence electrons. The quantitative estimate of drug-likeness (QED) is 0.705. The van der Waals surface area contributed by atoms with Crippen LogP contribution in [0.5, 0.6) is 0 Å². The van der Waals surface area contributed by atoms with Gasteiger partial charge in [0.25, 0.3) is 10.0 Å². The number of carboxylic acids is 1. The average Bonchev–Trinajstić information content (AvgIpc) is 2.73. The lowest BCUT2D eigenvalue weighted by Gasteiger charge is -2.36. The average molecular weight is 275 g/mol. The Balaban J connectivity index is 2.07. The lowest BCUT2D eigenvalue weighted by atomic mass is 9.81. The molecule has 7 nitrogen and oxygen atoms in total. The monoisotopic (exact) mass is 275 g/mol. The van der Waals surface area contributed by atoms with Gasteiger partial charge in [-0.2, -0.15) is 0 Å². The second kappa shape index (κ2) is 4.38. The van der Waals surface area contributed by atoms with Crippen LogP contribution in [0.15, 0.2) is 21.6 Å².